The van der Waals surface area contributed by atoms with Crippen molar-refractivity contribution in [2.75, 3.05) is 11.4 Å². The minimum atomic E-state index is -0.827. The number of ether oxygens (including phenoxy) is 1. The molecule has 6 rings (SSSR count). The van der Waals surface area contributed by atoms with Crippen LogP contribution < -0.4 is 4.90 Å². The lowest BCUT2D eigenvalue weighted by Crippen LogP contribution is -2.41. The van der Waals surface area contributed by atoms with Gasteiger partial charge in [0.2, 0.25) is 0 Å². The van der Waals surface area contributed by atoms with Crippen LogP contribution in [0.2, 0.25) is 0 Å². The molecule has 3 aliphatic heterocycles. The van der Waals surface area contributed by atoms with Crippen molar-refractivity contribution in [2.45, 2.75) is 31.3 Å². The lowest BCUT2D eigenvalue weighted by atomic mass is 9.74. The molecule has 0 amide bonds. The molecule has 2 aromatic carbocycles. The van der Waals surface area contributed by atoms with Gasteiger partial charge in [-0.05, 0) is 36.1 Å². The number of aliphatic carboxylic acids is 1. The molecule has 3 heterocycles. The average molecular weight is 411 g/mol. The molecule has 1 aliphatic carbocycles. The molecule has 0 radical (unpaired) electrons. The molecule has 2 atom stereocenters. The van der Waals surface area contributed by atoms with Crippen LogP contribution in [0.3, 0.4) is 0 Å². The highest BCUT2D eigenvalue weighted by Gasteiger charge is 2.50. The standard InChI is InChI=1S/C26H21NO4/c1-26(14-23(29)30)20-9-7-15-4-2-3-5-18(15)24(20)27-11-10-21-19(25(26)27)12-16-6-8-17(28)13-22(16)31-21/h2-9,12-13,21H,10-11,14H2,1H3,(H,29,30). The van der Waals surface area contributed by atoms with Crippen molar-refractivity contribution in [2.24, 2.45) is 0 Å². The Morgan fingerprint density at radius 2 is 2.03 bits per heavy atom. The lowest BCUT2D eigenvalue weighted by Gasteiger charge is -2.40. The van der Waals surface area contributed by atoms with Gasteiger partial charge in [-0.25, -0.2) is 0 Å². The fraction of sp³-hybridized carbons (Fsp3) is 0.231. The Kier molecular flexibility index (Phi) is 3.64. The predicted octanol–water partition coefficient (Wildman–Crippen LogP) is 4.40. The van der Waals surface area contributed by atoms with E-state index in [2.05, 4.69) is 35.2 Å². The number of allylic oxidation sites excluding steroid dienone is 4. The van der Waals surface area contributed by atoms with Crippen LogP contribution in [0, 0.1) is 0 Å². The van der Waals surface area contributed by atoms with E-state index in [9.17, 15) is 14.7 Å². The number of ketones is 1. The number of carboxylic acid groups (broad SMARTS) is 1. The van der Waals surface area contributed by atoms with E-state index in [0.29, 0.717) is 5.76 Å². The van der Waals surface area contributed by atoms with Crippen molar-refractivity contribution in [1.29, 1.82) is 0 Å². The number of rotatable bonds is 2. The monoisotopic (exact) mass is 411 g/mol. The van der Waals surface area contributed by atoms with Gasteiger partial charge in [-0.1, -0.05) is 36.4 Å². The molecule has 0 saturated heterocycles. The van der Waals surface area contributed by atoms with Crippen LogP contribution in [0.25, 0.3) is 10.8 Å². The van der Waals surface area contributed by atoms with Gasteiger partial charge in [0, 0.05) is 46.7 Å². The third-order valence-corrected chi connectivity index (χ3v) is 6.86. The zero-order chi connectivity index (χ0) is 21.3. The molecule has 2 aromatic rings. The van der Waals surface area contributed by atoms with E-state index in [4.69, 9.17) is 4.74 Å². The smallest absolute Gasteiger partial charge is 0.304 e. The summed E-state index contributed by atoms with van der Waals surface area (Å²) in [4.78, 5) is 26.1. The lowest BCUT2D eigenvalue weighted by molar-refractivity contribution is -0.138. The van der Waals surface area contributed by atoms with Crippen LogP contribution in [-0.2, 0) is 19.7 Å². The van der Waals surface area contributed by atoms with Gasteiger partial charge in [-0.3, -0.25) is 9.59 Å². The predicted molar refractivity (Wildman–Crippen MR) is 118 cm³/mol. The van der Waals surface area contributed by atoms with Crippen molar-refractivity contribution < 1.29 is 19.4 Å². The fourth-order valence-corrected chi connectivity index (χ4v) is 5.60. The summed E-state index contributed by atoms with van der Waals surface area (Å²) in [6.45, 7) is 2.77. The quantitative estimate of drug-likeness (QED) is 0.794. The maximum atomic E-state index is 12.0. The second-order valence-electron chi connectivity index (χ2n) is 8.78. The third-order valence-electron chi connectivity index (χ3n) is 6.86. The largest absolute Gasteiger partial charge is 0.485 e. The fourth-order valence-electron chi connectivity index (χ4n) is 5.60. The molecule has 2 unspecified atom stereocenters. The summed E-state index contributed by atoms with van der Waals surface area (Å²) in [6.07, 6.45) is 7.52. The highest BCUT2D eigenvalue weighted by Crippen LogP contribution is 2.56. The van der Waals surface area contributed by atoms with E-state index in [0.717, 1.165) is 51.8 Å². The SMILES string of the molecule is CC1(CC(=O)O)C2=C3C=C4C=CC(=O)C=C4OC3CCN2c2c1ccc1ccccc21. The Hall–Kier alpha value is -3.60. The first-order valence-electron chi connectivity index (χ1n) is 10.5. The first-order valence-corrected chi connectivity index (χ1v) is 10.5. The van der Waals surface area contributed by atoms with E-state index in [-0.39, 0.29) is 18.3 Å². The zero-order valence-electron chi connectivity index (χ0n) is 17.1. The summed E-state index contributed by atoms with van der Waals surface area (Å²) in [5, 5.41) is 12.1. The van der Waals surface area contributed by atoms with Crippen LogP contribution in [0.1, 0.15) is 25.3 Å². The minimum Gasteiger partial charge on any atom is -0.485 e. The Labute approximate surface area is 179 Å². The summed E-state index contributed by atoms with van der Waals surface area (Å²) in [7, 11) is 0. The van der Waals surface area contributed by atoms with Crippen molar-refractivity contribution in [3.63, 3.8) is 0 Å². The number of hydrogen-bond donors (Lipinski definition) is 1. The van der Waals surface area contributed by atoms with E-state index in [1.54, 1.807) is 6.08 Å². The molecular weight excluding hydrogens is 390 g/mol. The van der Waals surface area contributed by atoms with Crippen molar-refractivity contribution in [3.05, 3.63) is 88.9 Å². The molecule has 5 heteroatoms. The average Bonchev–Trinajstić information content (AvgIpc) is 3.00. The van der Waals surface area contributed by atoms with Crippen LogP contribution in [0.15, 0.2) is 83.3 Å². The molecule has 5 nitrogen and oxygen atoms in total. The first-order chi connectivity index (χ1) is 15.0. The molecule has 154 valence electrons. The van der Waals surface area contributed by atoms with Gasteiger partial charge in [0.25, 0.3) is 0 Å². The Balaban J connectivity index is 1.65. The van der Waals surface area contributed by atoms with Gasteiger partial charge in [0.15, 0.2) is 5.78 Å². The second kappa shape index (κ2) is 6.20. The molecule has 0 saturated carbocycles. The normalized spacial score (nSPS) is 25.9. The Morgan fingerprint density at radius 1 is 1.19 bits per heavy atom. The summed E-state index contributed by atoms with van der Waals surface area (Å²) < 4.78 is 6.25. The van der Waals surface area contributed by atoms with Crippen LogP contribution in [0.4, 0.5) is 5.69 Å². The Morgan fingerprint density at radius 3 is 2.87 bits per heavy atom. The summed E-state index contributed by atoms with van der Waals surface area (Å²) in [5.74, 6) is -0.292. The van der Waals surface area contributed by atoms with Crippen molar-refractivity contribution in [1.82, 2.24) is 0 Å². The van der Waals surface area contributed by atoms with Gasteiger partial charge >= 0.3 is 5.97 Å². The Bertz CT molecular complexity index is 1310. The highest BCUT2D eigenvalue weighted by molar-refractivity contribution is 6.02. The number of hydrogen-bond acceptors (Lipinski definition) is 4. The van der Waals surface area contributed by atoms with Crippen LogP contribution in [-0.4, -0.2) is 29.5 Å². The van der Waals surface area contributed by atoms with E-state index < -0.39 is 11.4 Å². The highest BCUT2D eigenvalue weighted by atomic mass is 16.5. The summed E-state index contributed by atoms with van der Waals surface area (Å²) in [5.41, 5.74) is 4.37. The molecule has 4 aliphatic rings. The number of nitrogens with zero attached hydrogens (tertiary/aromatic N) is 1. The van der Waals surface area contributed by atoms with Crippen molar-refractivity contribution in [3.8, 4) is 0 Å². The second-order valence-corrected chi connectivity index (χ2v) is 8.78. The van der Waals surface area contributed by atoms with Crippen LogP contribution in [0.5, 0.6) is 0 Å². The number of carbonyl (C=O) groups excluding carboxylic acids is 1. The molecule has 0 fully saturated rings. The molecular formula is C26H21NO4. The zero-order valence-corrected chi connectivity index (χ0v) is 17.1. The topological polar surface area (TPSA) is 66.8 Å². The molecule has 31 heavy (non-hydrogen) atoms. The van der Waals surface area contributed by atoms with E-state index >= 15 is 0 Å². The first kappa shape index (κ1) is 18.2. The minimum absolute atomic E-state index is 0.000584. The number of carbonyl (C=O) groups is 2. The molecule has 0 bridgehead atoms. The number of benzene rings is 2. The maximum Gasteiger partial charge on any atom is 0.304 e. The van der Waals surface area contributed by atoms with Gasteiger partial charge in [-0.2, -0.15) is 0 Å². The molecule has 0 aromatic heterocycles. The van der Waals surface area contributed by atoms with Gasteiger partial charge in [0.1, 0.15) is 11.9 Å². The number of carboxylic acids is 1. The van der Waals surface area contributed by atoms with Gasteiger partial charge in [-0.15, -0.1) is 0 Å². The van der Waals surface area contributed by atoms with Gasteiger partial charge in [0.05, 0.1) is 12.1 Å². The maximum absolute atomic E-state index is 12.0. The number of anilines is 1. The summed E-state index contributed by atoms with van der Waals surface area (Å²) >= 11 is 0. The molecule has 0 spiro atoms. The number of fused-ring (bicyclic) bond motifs is 7. The van der Waals surface area contributed by atoms with Gasteiger partial charge < -0.3 is 14.7 Å². The van der Waals surface area contributed by atoms with Crippen LogP contribution >= 0.6 is 0 Å². The third kappa shape index (κ3) is 2.49. The van der Waals surface area contributed by atoms with E-state index in [1.165, 1.54) is 12.2 Å². The van der Waals surface area contributed by atoms with E-state index in [1.807, 2.05) is 19.1 Å². The molecule has 1 N–H and O–H groups in total. The van der Waals surface area contributed by atoms with Crippen molar-refractivity contribution >= 4 is 28.2 Å². The summed E-state index contributed by atoms with van der Waals surface area (Å²) in [6, 6.07) is 12.4.